The number of nitrogens with one attached hydrogen (secondary N) is 1. The molecule has 0 bridgehead atoms. The molecule has 0 radical (unpaired) electrons. The van der Waals surface area contributed by atoms with Crippen LogP contribution in [0.2, 0.25) is 0 Å². The Bertz CT molecular complexity index is 469. The number of nitrogens with zero attached hydrogens (tertiary/aromatic N) is 1. The smallest absolute Gasteiger partial charge is 0.242 e. The predicted octanol–water partition coefficient (Wildman–Crippen LogP) is 0.464. The molecule has 96 valence electrons. The van der Waals surface area contributed by atoms with Gasteiger partial charge >= 0.3 is 0 Å². The van der Waals surface area contributed by atoms with Crippen molar-refractivity contribution in [3.63, 3.8) is 0 Å². The van der Waals surface area contributed by atoms with Crippen LogP contribution in [0.3, 0.4) is 0 Å². The number of carbonyl (C=O) groups is 1. The van der Waals surface area contributed by atoms with E-state index in [1.807, 2.05) is 18.2 Å². The van der Waals surface area contributed by atoms with Crippen molar-refractivity contribution in [1.29, 1.82) is 0 Å². The van der Waals surface area contributed by atoms with Gasteiger partial charge in [-0.25, -0.2) is 0 Å². The first-order valence-electron chi connectivity index (χ1n) is 6.25. The van der Waals surface area contributed by atoms with E-state index in [1.165, 1.54) is 0 Å². The van der Waals surface area contributed by atoms with Gasteiger partial charge < -0.3 is 15.8 Å². The van der Waals surface area contributed by atoms with E-state index in [-0.39, 0.29) is 11.9 Å². The predicted molar refractivity (Wildman–Crippen MR) is 69.4 cm³/mol. The molecule has 3 rings (SSSR count). The molecule has 1 aromatic rings. The Morgan fingerprint density at radius 1 is 1.33 bits per heavy atom. The topological polar surface area (TPSA) is 67.6 Å². The third-order valence-electron chi connectivity index (χ3n) is 3.59. The van der Waals surface area contributed by atoms with E-state index in [9.17, 15) is 4.79 Å². The molecular weight excluding hydrogens is 230 g/mol. The van der Waals surface area contributed by atoms with Crippen molar-refractivity contribution in [2.75, 3.05) is 37.4 Å². The Morgan fingerprint density at radius 2 is 2.11 bits per heavy atom. The van der Waals surface area contributed by atoms with Gasteiger partial charge in [-0.1, -0.05) is 0 Å². The summed E-state index contributed by atoms with van der Waals surface area (Å²) in [6.07, 6.45) is 0.728. The number of nitrogen functional groups attached to an aromatic ring is 1. The lowest BCUT2D eigenvalue weighted by atomic mass is 9.97. The summed E-state index contributed by atoms with van der Waals surface area (Å²) in [7, 11) is 0. The number of morpholine rings is 1. The van der Waals surface area contributed by atoms with Gasteiger partial charge in [-0.2, -0.15) is 0 Å². The molecule has 0 aliphatic carbocycles. The fraction of sp³-hybridized carbons (Fsp3) is 0.462. The molecule has 1 aromatic carbocycles. The SMILES string of the molecule is Nc1ccc2c(c1)CC(N1CCOCC1)C(=O)N2. The van der Waals surface area contributed by atoms with Crippen LogP contribution in [0.15, 0.2) is 18.2 Å². The largest absolute Gasteiger partial charge is 0.399 e. The molecule has 1 fully saturated rings. The highest BCUT2D eigenvalue weighted by atomic mass is 16.5. The van der Waals surface area contributed by atoms with E-state index in [2.05, 4.69) is 10.2 Å². The lowest BCUT2D eigenvalue weighted by Crippen LogP contribution is -2.52. The molecule has 18 heavy (non-hydrogen) atoms. The standard InChI is InChI=1S/C13H17N3O2/c14-10-1-2-11-9(7-10)8-12(13(17)15-11)16-3-5-18-6-4-16/h1-2,7,12H,3-6,8,14H2,(H,15,17). The third kappa shape index (κ3) is 2.07. The van der Waals surface area contributed by atoms with Crippen molar-refractivity contribution in [3.8, 4) is 0 Å². The van der Waals surface area contributed by atoms with Crippen LogP contribution in [0, 0.1) is 0 Å². The van der Waals surface area contributed by atoms with Crippen LogP contribution in [0.1, 0.15) is 5.56 Å². The number of ether oxygens (including phenoxy) is 1. The molecule has 2 aliphatic rings. The van der Waals surface area contributed by atoms with Crippen LogP contribution in [-0.2, 0) is 16.0 Å². The van der Waals surface area contributed by atoms with Crippen molar-refractivity contribution in [1.82, 2.24) is 4.90 Å². The van der Waals surface area contributed by atoms with Gasteiger partial charge in [0.15, 0.2) is 0 Å². The summed E-state index contributed by atoms with van der Waals surface area (Å²) < 4.78 is 5.32. The molecule has 1 saturated heterocycles. The van der Waals surface area contributed by atoms with Gasteiger partial charge in [0, 0.05) is 24.5 Å². The lowest BCUT2D eigenvalue weighted by Gasteiger charge is -2.36. The minimum Gasteiger partial charge on any atom is -0.399 e. The third-order valence-corrected chi connectivity index (χ3v) is 3.59. The first-order valence-corrected chi connectivity index (χ1v) is 6.25. The zero-order chi connectivity index (χ0) is 12.5. The Kier molecular flexibility index (Phi) is 2.93. The first kappa shape index (κ1) is 11.5. The molecule has 3 N–H and O–H groups in total. The van der Waals surface area contributed by atoms with Crippen molar-refractivity contribution in [3.05, 3.63) is 23.8 Å². The van der Waals surface area contributed by atoms with Crippen LogP contribution < -0.4 is 11.1 Å². The van der Waals surface area contributed by atoms with Crippen molar-refractivity contribution >= 4 is 17.3 Å². The minimum atomic E-state index is -0.0943. The summed E-state index contributed by atoms with van der Waals surface area (Å²) in [5, 5.41) is 2.96. The molecule has 0 aromatic heterocycles. The van der Waals surface area contributed by atoms with Gasteiger partial charge in [0.05, 0.1) is 19.3 Å². The van der Waals surface area contributed by atoms with Gasteiger partial charge in [-0.3, -0.25) is 9.69 Å². The number of benzene rings is 1. The quantitative estimate of drug-likeness (QED) is 0.708. The van der Waals surface area contributed by atoms with Crippen LogP contribution in [0.5, 0.6) is 0 Å². The minimum absolute atomic E-state index is 0.0779. The molecule has 5 nitrogen and oxygen atoms in total. The molecule has 0 spiro atoms. The first-order chi connectivity index (χ1) is 8.74. The highest BCUT2D eigenvalue weighted by molar-refractivity contribution is 5.98. The van der Waals surface area contributed by atoms with Gasteiger partial charge in [0.2, 0.25) is 5.91 Å². The highest BCUT2D eigenvalue weighted by Gasteiger charge is 2.31. The molecule has 5 heteroatoms. The number of fused-ring (bicyclic) bond motifs is 1. The zero-order valence-corrected chi connectivity index (χ0v) is 10.2. The fourth-order valence-electron chi connectivity index (χ4n) is 2.61. The maximum atomic E-state index is 12.1. The van der Waals surface area contributed by atoms with Gasteiger partial charge in [-0.05, 0) is 30.2 Å². The van der Waals surface area contributed by atoms with E-state index in [0.717, 1.165) is 36.4 Å². The Morgan fingerprint density at radius 3 is 2.89 bits per heavy atom. The van der Waals surface area contributed by atoms with Crippen molar-refractivity contribution < 1.29 is 9.53 Å². The normalized spacial score (nSPS) is 24.4. The Hall–Kier alpha value is -1.59. The second-order valence-electron chi connectivity index (χ2n) is 4.77. The molecule has 1 amide bonds. The van der Waals surface area contributed by atoms with Crippen LogP contribution >= 0.6 is 0 Å². The number of anilines is 2. The molecule has 0 saturated carbocycles. The summed E-state index contributed by atoms with van der Waals surface area (Å²) in [5.74, 6) is 0.0779. The average Bonchev–Trinajstić information content (AvgIpc) is 2.39. The number of hydrogen-bond acceptors (Lipinski definition) is 4. The fourth-order valence-corrected chi connectivity index (χ4v) is 2.61. The van der Waals surface area contributed by atoms with Crippen molar-refractivity contribution in [2.45, 2.75) is 12.5 Å². The van der Waals surface area contributed by atoms with E-state index < -0.39 is 0 Å². The Labute approximate surface area is 106 Å². The number of rotatable bonds is 1. The van der Waals surface area contributed by atoms with Crippen LogP contribution in [0.4, 0.5) is 11.4 Å². The maximum Gasteiger partial charge on any atom is 0.242 e. The van der Waals surface area contributed by atoms with E-state index >= 15 is 0 Å². The van der Waals surface area contributed by atoms with Crippen LogP contribution in [-0.4, -0.2) is 43.2 Å². The van der Waals surface area contributed by atoms with Gasteiger partial charge in [0.1, 0.15) is 0 Å². The summed E-state index contributed by atoms with van der Waals surface area (Å²) >= 11 is 0. The van der Waals surface area contributed by atoms with E-state index in [0.29, 0.717) is 13.2 Å². The lowest BCUT2D eigenvalue weighted by molar-refractivity contribution is -0.123. The second kappa shape index (κ2) is 4.59. The Balaban J connectivity index is 1.83. The van der Waals surface area contributed by atoms with Crippen molar-refractivity contribution in [2.24, 2.45) is 0 Å². The average molecular weight is 247 g/mol. The molecular formula is C13H17N3O2. The molecule has 2 aliphatic heterocycles. The number of hydrogen-bond donors (Lipinski definition) is 2. The summed E-state index contributed by atoms with van der Waals surface area (Å²) in [6, 6.07) is 5.54. The summed E-state index contributed by atoms with van der Waals surface area (Å²) in [4.78, 5) is 14.3. The molecule has 2 heterocycles. The summed E-state index contributed by atoms with van der Waals surface area (Å²) in [5.41, 5.74) is 8.54. The maximum absolute atomic E-state index is 12.1. The van der Waals surface area contributed by atoms with Crippen LogP contribution in [0.25, 0.3) is 0 Å². The monoisotopic (exact) mass is 247 g/mol. The van der Waals surface area contributed by atoms with Gasteiger partial charge in [-0.15, -0.1) is 0 Å². The van der Waals surface area contributed by atoms with E-state index in [1.54, 1.807) is 0 Å². The number of carbonyl (C=O) groups excluding carboxylic acids is 1. The molecule has 1 unspecified atom stereocenters. The molecule has 1 atom stereocenters. The number of amides is 1. The summed E-state index contributed by atoms with van der Waals surface area (Å²) in [6.45, 7) is 3.03. The second-order valence-corrected chi connectivity index (χ2v) is 4.77. The number of nitrogens with two attached hydrogens (primary N) is 1. The zero-order valence-electron chi connectivity index (χ0n) is 10.2. The van der Waals surface area contributed by atoms with Gasteiger partial charge in [0.25, 0.3) is 0 Å². The highest BCUT2D eigenvalue weighted by Crippen LogP contribution is 2.26. The van der Waals surface area contributed by atoms with E-state index in [4.69, 9.17) is 10.5 Å².